The molecule has 0 aliphatic rings. The highest BCUT2D eigenvalue weighted by Crippen LogP contribution is 2.33. The predicted octanol–water partition coefficient (Wildman–Crippen LogP) is 3.55. The third kappa shape index (κ3) is 2.58. The minimum absolute atomic E-state index is 0.0519. The average molecular weight is 282 g/mol. The fraction of sp³-hybridized carbons (Fsp3) is 0.125. The summed E-state index contributed by atoms with van der Waals surface area (Å²) in [6, 6.07) is 12.2. The fourth-order valence-electron chi connectivity index (χ4n) is 2.02. The molecule has 3 rings (SSSR count). The van der Waals surface area contributed by atoms with Crippen LogP contribution in [-0.4, -0.2) is 16.0 Å². The number of aromatic hydroxyl groups is 1. The molecule has 0 radical (unpaired) electrons. The van der Waals surface area contributed by atoms with Crippen LogP contribution in [0.1, 0.15) is 13.3 Å². The van der Waals surface area contributed by atoms with Crippen LogP contribution in [0, 0.1) is 0 Å². The highest BCUT2D eigenvalue weighted by Gasteiger charge is 2.13. The molecule has 1 aromatic heterocycles. The molecule has 0 unspecified atom stereocenters. The van der Waals surface area contributed by atoms with Crippen LogP contribution in [0.5, 0.6) is 5.75 Å². The number of para-hydroxylation sites is 2. The van der Waals surface area contributed by atoms with Gasteiger partial charge in [-0.1, -0.05) is 19.1 Å². The molecule has 0 saturated carbocycles. The number of amides is 1. The van der Waals surface area contributed by atoms with Crippen molar-refractivity contribution in [2.24, 2.45) is 0 Å². The molecule has 0 aliphatic heterocycles. The molecule has 3 aromatic rings. The lowest BCUT2D eigenvalue weighted by Gasteiger charge is -2.06. The van der Waals surface area contributed by atoms with Gasteiger partial charge in [0.2, 0.25) is 11.8 Å². The Hall–Kier alpha value is -2.82. The quantitative estimate of drug-likeness (QED) is 0.720. The number of aromatic nitrogens is 1. The zero-order valence-electron chi connectivity index (χ0n) is 11.5. The van der Waals surface area contributed by atoms with Gasteiger partial charge in [0.05, 0.1) is 5.56 Å². The van der Waals surface area contributed by atoms with Crippen LogP contribution in [0.25, 0.3) is 22.6 Å². The Balaban J connectivity index is 2.04. The number of phenols is 1. The molecule has 21 heavy (non-hydrogen) atoms. The first-order valence-corrected chi connectivity index (χ1v) is 6.66. The van der Waals surface area contributed by atoms with Gasteiger partial charge in [-0.05, 0) is 30.3 Å². The van der Waals surface area contributed by atoms with Gasteiger partial charge in [-0.25, -0.2) is 4.98 Å². The first kappa shape index (κ1) is 13.2. The minimum Gasteiger partial charge on any atom is -0.507 e. The Morgan fingerprint density at radius 1 is 1.29 bits per heavy atom. The van der Waals surface area contributed by atoms with Gasteiger partial charge in [-0.2, -0.15) is 0 Å². The smallest absolute Gasteiger partial charge is 0.231 e. The molecule has 0 fully saturated rings. The van der Waals surface area contributed by atoms with Gasteiger partial charge in [0, 0.05) is 12.1 Å². The number of benzene rings is 2. The third-order valence-corrected chi connectivity index (χ3v) is 3.13. The summed E-state index contributed by atoms with van der Waals surface area (Å²) in [5.74, 6) is 0.279. The summed E-state index contributed by atoms with van der Waals surface area (Å²) in [6.07, 6.45) is 0.388. The van der Waals surface area contributed by atoms with Gasteiger partial charge in [-0.15, -0.1) is 0 Å². The van der Waals surface area contributed by atoms with E-state index in [9.17, 15) is 9.90 Å². The molecule has 1 amide bonds. The first-order valence-electron chi connectivity index (χ1n) is 6.66. The molecule has 5 nitrogen and oxygen atoms in total. The predicted molar refractivity (Wildman–Crippen MR) is 80.0 cm³/mol. The third-order valence-electron chi connectivity index (χ3n) is 3.13. The molecular weight excluding hydrogens is 268 g/mol. The standard InChI is InChI=1S/C16H14N2O3/c1-2-15(20)17-10-7-8-13(19)11(9-10)16-18-12-5-3-4-6-14(12)21-16/h3-9,19H,2H2,1H3,(H,17,20). The van der Waals surface area contributed by atoms with Crippen molar-refractivity contribution < 1.29 is 14.3 Å². The number of hydrogen-bond acceptors (Lipinski definition) is 4. The summed E-state index contributed by atoms with van der Waals surface area (Å²) < 4.78 is 5.64. The van der Waals surface area contributed by atoms with Crippen LogP contribution in [0.4, 0.5) is 5.69 Å². The van der Waals surface area contributed by atoms with Crippen molar-refractivity contribution in [3.05, 3.63) is 42.5 Å². The summed E-state index contributed by atoms with van der Waals surface area (Å²) in [5.41, 5.74) is 2.40. The molecule has 1 heterocycles. The van der Waals surface area contributed by atoms with Crippen LogP contribution >= 0.6 is 0 Å². The maximum absolute atomic E-state index is 11.4. The number of anilines is 1. The van der Waals surface area contributed by atoms with Crippen molar-refractivity contribution in [2.45, 2.75) is 13.3 Å². The summed E-state index contributed by atoms with van der Waals surface area (Å²) in [7, 11) is 0. The van der Waals surface area contributed by atoms with Crippen molar-refractivity contribution in [3.63, 3.8) is 0 Å². The molecule has 0 atom stereocenters. The number of phenolic OH excluding ortho intramolecular Hbond substituents is 1. The van der Waals surface area contributed by atoms with Crippen molar-refractivity contribution in [1.82, 2.24) is 4.98 Å². The zero-order chi connectivity index (χ0) is 14.8. The average Bonchev–Trinajstić information content (AvgIpc) is 2.92. The summed E-state index contributed by atoms with van der Waals surface area (Å²) >= 11 is 0. The Morgan fingerprint density at radius 3 is 2.86 bits per heavy atom. The number of oxazole rings is 1. The highest BCUT2D eigenvalue weighted by molar-refractivity contribution is 5.91. The van der Waals surface area contributed by atoms with Crippen molar-refractivity contribution in [2.75, 3.05) is 5.32 Å². The largest absolute Gasteiger partial charge is 0.507 e. The minimum atomic E-state index is -0.0933. The van der Waals surface area contributed by atoms with Gasteiger partial charge < -0.3 is 14.8 Å². The molecule has 0 bridgehead atoms. The van der Waals surface area contributed by atoms with E-state index in [-0.39, 0.29) is 11.7 Å². The molecule has 5 heteroatoms. The lowest BCUT2D eigenvalue weighted by molar-refractivity contribution is -0.115. The van der Waals surface area contributed by atoms with E-state index in [2.05, 4.69) is 10.3 Å². The normalized spacial score (nSPS) is 10.7. The second kappa shape index (κ2) is 5.28. The number of fused-ring (bicyclic) bond motifs is 1. The first-order chi connectivity index (χ1) is 10.2. The number of hydrogen-bond donors (Lipinski definition) is 2. The Kier molecular flexibility index (Phi) is 3.31. The van der Waals surface area contributed by atoms with E-state index in [0.29, 0.717) is 29.1 Å². The molecule has 0 saturated heterocycles. The molecule has 2 N–H and O–H groups in total. The molecule has 106 valence electrons. The van der Waals surface area contributed by atoms with E-state index in [1.165, 1.54) is 6.07 Å². The second-order valence-electron chi connectivity index (χ2n) is 4.62. The number of carbonyl (C=O) groups excluding carboxylic acids is 1. The number of rotatable bonds is 3. The van der Waals surface area contributed by atoms with Crippen LogP contribution in [0.2, 0.25) is 0 Å². The lowest BCUT2D eigenvalue weighted by Crippen LogP contribution is -2.09. The zero-order valence-corrected chi connectivity index (χ0v) is 11.5. The maximum atomic E-state index is 11.4. The second-order valence-corrected chi connectivity index (χ2v) is 4.62. The summed E-state index contributed by atoms with van der Waals surface area (Å²) in [6.45, 7) is 1.78. The van der Waals surface area contributed by atoms with Gasteiger partial charge in [0.1, 0.15) is 11.3 Å². The monoisotopic (exact) mass is 282 g/mol. The van der Waals surface area contributed by atoms with Crippen LogP contribution in [-0.2, 0) is 4.79 Å². The van der Waals surface area contributed by atoms with E-state index in [1.807, 2.05) is 24.3 Å². The molecular formula is C16H14N2O3. The van der Waals surface area contributed by atoms with E-state index in [4.69, 9.17) is 4.42 Å². The van der Waals surface area contributed by atoms with Crippen LogP contribution in [0.15, 0.2) is 46.9 Å². The van der Waals surface area contributed by atoms with Gasteiger partial charge in [0.25, 0.3) is 0 Å². The van der Waals surface area contributed by atoms with E-state index in [0.717, 1.165) is 5.52 Å². The van der Waals surface area contributed by atoms with Crippen molar-refractivity contribution in [3.8, 4) is 17.2 Å². The van der Waals surface area contributed by atoms with Crippen LogP contribution < -0.4 is 5.32 Å². The fourth-order valence-corrected chi connectivity index (χ4v) is 2.02. The Bertz CT molecular complexity index is 775. The summed E-state index contributed by atoms with van der Waals surface area (Å²) in [5, 5.41) is 12.7. The number of nitrogens with zero attached hydrogens (tertiary/aromatic N) is 1. The Labute approximate surface area is 121 Å². The van der Waals surface area contributed by atoms with E-state index >= 15 is 0 Å². The molecule has 2 aromatic carbocycles. The molecule has 0 spiro atoms. The van der Waals surface area contributed by atoms with Crippen molar-refractivity contribution in [1.29, 1.82) is 0 Å². The van der Waals surface area contributed by atoms with Gasteiger partial charge in [-0.3, -0.25) is 4.79 Å². The number of nitrogens with one attached hydrogen (secondary N) is 1. The van der Waals surface area contributed by atoms with E-state index < -0.39 is 0 Å². The van der Waals surface area contributed by atoms with Gasteiger partial charge in [0.15, 0.2) is 5.58 Å². The van der Waals surface area contributed by atoms with Gasteiger partial charge >= 0.3 is 0 Å². The topological polar surface area (TPSA) is 75.4 Å². The van der Waals surface area contributed by atoms with Crippen LogP contribution in [0.3, 0.4) is 0 Å². The SMILES string of the molecule is CCC(=O)Nc1ccc(O)c(-c2nc3ccccc3o2)c1. The van der Waals surface area contributed by atoms with E-state index in [1.54, 1.807) is 19.1 Å². The lowest BCUT2D eigenvalue weighted by atomic mass is 10.1. The highest BCUT2D eigenvalue weighted by atomic mass is 16.3. The van der Waals surface area contributed by atoms with Crippen molar-refractivity contribution >= 4 is 22.7 Å². The maximum Gasteiger partial charge on any atom is 0.231 e. The molecule has 0 aliphatic carbocycles. The Morgan fingerprint density at radius 2 is 2.10 bits per heavy atom. The summed E-state index contributed by atoms with van der Waals surface area (Å²) in [4.78, 5) is 15.8. The number of carbonyl (C=O) groups is 1.